The van der Waals surface area contributed by atoms with Crippen LogP contribution in [0.5, 0.6) is 0 Å². The van der Waals surface area contributed by atoms with Gasteiger partial charge in [0.1, 0.15) is 0 Å². The lowest BCUT2D eigenvalue weighted by molar-refractivity contribution is -0.00681. The first-order valence-corrected chi connectivity index (χ1v) is 8.07. The molecule has 1 aliphatic rings. The van der Waals surface area contributed by atoms with Gasteiger partial charge in [0.05, 0.1) is 0 Å². The van der Waals surface area contributed by atoms with E-state index in [2.05, 4.69) is 36.3 Å². The van der Waals surface area contributed by atoms with Gasteiger partial charge in [-0.25, -0.2) is 0 Å². The normalized spacial score (nSPS) is 19.2. The van der Waals surface area contributed by atoms with E-state index in [1.165, 1.54) is 4.88 Å². The van der Waals surface area contributed by atoms with E-state index >= 15 is 0 Å². The predicted molar refractivity (Wildman–Crippen MR) is 81.4 cm³/mol. The largest absolute Gasteiger partial charge is 0.381 e. The molecular formula is C15H26N2OS. The Morgan fingerprint density at radius 1 is 1.42 bits per heavy atom. The first-order chi connectivity index (χ1) is 9.15. The molecule has 1 aromatic heterocycles. The molecule has 1 aromatic rings. The second-order valence-electron chi connectivity index (χ2n) is 5.89. The van der Waals surface area contributed by atoms with Crippen molar-refractivity contribution < 1.29 is 4.74 Å². The number of ether oxygens (including phenoxy) is 1. The molecule has 0 unspecified atom stereocenters. The Morgan fingerprint density at radius 2 is 2.16 bits per heavy atom. The Kier molecular flexibility index (Phi) is 5.39. The summed E-state index contributed by atoms with van der Waals surface area (Å²) in [7, 11) is 0. The van der Waals surface area contributed by atoms with Gasteiger partial charge >= 0.3 is 0 Å². The van der Waals surface area contributed by atoms with Gasteiger partial charge in [0.2, 0.25) is 0 Å². The topological polar surface area (TPSA) is 38.5 Å². The maximum atomic E-state index is 6.08. The van der Waals surface area contributed by atoms with Crippen molar-refractivity contribution in [1.82, 2.24) is 4.90 Å². The zero-order valence-corrected chi connectivity index (χ0v) is 12.9. The van der Waals surface area contributed by atoms with E-state index in [0.29, 0.717) is 6.04 Å². The Morgan fingerprint density at radius 3 is 2.68 bits per heavy atom. The minimum atomic E-state index is 0.250. The summed E-state index contributed by atoms with van der Waals surface area (Å²) in [5.74, 6) is 0. The molecule has 0 spiro atoms. The zero-order chi connectivity index (χ0) is 13.7. The second-order valence-corrected chi connectivity index (χ2v) is 6.93. The van der Waals surface area contributed by atoms with Crippen molar-refractivity contribution in [3.8, 4) is 0 Å². The Hall–Kier alpha value is -0.420. The molecule has 0 amide bonds. The van der Waals surface area contributed by atoms with Crippen LogP contribution in [0.3, 0.4) is 0 Å². The highest BCUT2D eigenvalue weighted by atomic mass is 32.1. The minimum Gasteiger partial charge on any atom is -0.381 e. The van der Waals surface area contributed by atoms with E-state index in [1.807, 2.05) is 11.3 Å². The van der Waals surface area contributed by atoms with Gasteiger partial charge in [-0.05, 0) is 50.1 Å². The molecule has 0 saturated carbocycles. The van der Waals surface area contributed by atoms with Crippen molar-refractivity contribution in [3.63, 3.8) is 0 Å². The summed E-state index contributed by atoms with van der Waals surface area (Å²) in [5, 5.41) is 2.15. The minimum absolute atomic E-state index is 0.250. The van der Waals surface area contributed by atoms with Crippen LogP contribution in [0.4, 0.5) is 0 Å². The SMILES string of the molecule is CC(C)N(Cc1cccs1)CC1(CN)CCOCC1. The summed E-state index contributed by atoms with van der Waals surface area (Å²) in [4.78, 5) is 4.00. The molecule has 2 heterocycles. The van der Waals surface area contributed by atoms with Crippen LogP contribution in [0, 0.1) is 5.41 Å². The number of hydrogen-bond donors (Lipinski definition) is 1. The summed E-state index contributed by atoms with van der Waals surface area (Å²) in [6.07, 6.45) is 2.19. The smallest absolute Gasteiger partial charge is 0.0472 e. The monoisotopic (exact) mass is 282 g/mol. The number of thiophene rings is 1. The van der Waals surface area contributed by atoms with Crippen LogP contribution in [0.1, 0.15) is 31.6 Å². The highest BCUT2D eigenvalue weighted by molar-refractivity contribution is 7.09. The summed E-state index contributed by atoms with van der Waals surface area (Å²) in [6, 6.07) is 4.90. The summed E-state index contributed by atoms with van der Waals surface area (Å²) >= 11 is 1.84. The van der Waals surface area contributed by atoms with E-state index < -0.39 is 0 Å². The van der Waals surface area contributed by atoms with Crippen LogP contribution in [-0.4, -0.2) is 37.2 Å². The number of hydrogen-bond acceptors (Lipinski definition) is 4. The first-order valence-electron chi connectivity index (χ1n) is 7.19. The highest BCUT2D eigenvalue weighted by Gasteiger charge is 2.33. The third-order valence-corrected chi connectivity index (χ3v) is 5.06. The first kappa shape index (κ1) is 15.0. The molecule has 0 atom stereocenters. The summed E-state index contributed by atoms with van der Waals surface area (Å²) < 4.78 is 5.50. The fourth-order valence-corrected chi connectivity index (χ4v) is 3.42. The molecule has 1 aliphatic heterocycles. The maximum absolute atomic E-state index is 6.08. The Bertz CT molecular complexity index is 358. The van der Waals surface area contributed by atoms with Crippen LogP contribution >= 0.6 is 11.3 Å². The average molecular weight is 282 g/mol. The summed E-state index contributed by atoms with van der Waals surface area (Å²) in [5.41, 5.74) is 6.33. The molecule has 19 heavy (non-hydrogen) atoms. The van der Waals surface area contributed by atoms with Crippen LogP contribution < -0.4 is 5.73 Å². The molecule has 0 aliphatic carbocycles. The second kappa shape index (κ2) is 6.84. The van der Waals surface area contributed by atoms with Crippen LogP contribution in [0.15, 0.2) is 17.5 Å². The lowest BCUT2D eigenvalue weighted by Gasteiger charge is -2.41. The van der Waals surface area contributed by atoms with Crippen molar-refractivity contribution in [3.05, 3.63) is 22.4 Å². The molecule has 2 N–H and O–H groups in total. The molecule has 4 heteroatoms. The average Bonchev–Trinajstić information content (AvgIpc) is 2.92. The van der Waals surface area contributed by atoms with E-state index in [-0.39, 0.29) is 5.41 Å². The number of nitrogens with two attached hydrogens (primary N) is 1. The molecular weight excluding hydrogens is 256 g/mol. The Balaban J connectivity index is 2.02. The molecule has 1 fully saturated rings. The molecule has 108 valence electrons. The number of nitrogens with zero attached hydrogens (tertiary/aromatic N) is 1. The lowest BCUT2D eigenvalue weighted by atomic mass is 9.79. The van der Waals surface area contributed by atoms with Gasteiger partial charge in [-0.1, -0.05) is 6.07 Å². The van der Waals surface area contributed by atoms with Gasteiger partial charge < -0.3 is 10.5 Å². The summed E-state index contributed by atoms with van der Waals surface area (Å²) in [6.45, 7) is 9.17. The Labute approximate surface area is 120 Å². The van der Waals surface area contributed by atoms with Crippen LogP contribution in [0.25, 0.3) is 0 Å². The van der Waals surface area contributed by atoms with Crippen molar-refractivity contribution in [1.29, 1.82) is 0 Å². The molecule has 1 saturated heterocycles. The van der Waals surface area contributed by atoms with E-state index in [1.54, 1.807) is 0 Å². The molecule has 0 aromatic carbocycles. The van der Waals surface area contributed by atoms with E-state index in [4.69, 9.17) is 10.5 Å². The van der Waals surface area contributed by atoms with Crippen molar-refractivity contribution in [2.24, 2.45) is 11.1 Å². The standard InChI is InChI=1S/C15H26N2OS/c1-13(2)17(10-14-4-3-9-19-14)12-15(11-16)5-7-18-8-6-15/h3-4,9,13H,5-8,10-12,16H2,1-2H3. The predicted octanol–water partition coefficient (Wildman–Crippen LogP) is 2.71. The van der Waals surface area contributed by atoms with Crippen molar-refractivity contribution in [2.75, 3.05) is 26.3 Å². The zero-order valence-electron chi connectivity index (χ0n) is 12.1. The quantitative estimate of drug-likeness (QED) is 0.872. The van der Waals surface area contributed by atoms with Gasteiger partial charge in [0.15, 0.2) is 0 Å². The molecule has 2 rings (SSSR count). The van der Waals surface area contributed by atoms with E-state index in [9.17, 15) is 0 Å². The highest BCUT2D eigenvalue weighted by Crippen LogP contribution is 2.31. The maximum Gasteiger partial charge on any atom is 0.0472 e. The molecule has 3 nitrogen and oxygen atoms in total. The lowest BCUT2D eigenvalue weighted by Crippen LogP contribution is -2.47. The van der Waals surface area contributed by atoms with Crippen LogP contribution in [-0.2, 0) is 11.3 Å². The fourth-order valence-electron chi connectivity index (χ4n) is 2.69. The molecule has 0 bridgehead atoms. The van der Waals surface area contributed by atoms with Gasteiger partial charge in [-0.3, -0.25) is 4.90 Å². The van der Waals surface area contributed by atoms with Gasteiger partial charge in [-0.2, -0.15) is 0 Å². The van der Waals surface area contributed by atoms with Gasteiger partial charge in [0.25, 0.3) is 0 Å². The van der Waals surface area contributed by atoms with Crippen LogP contribution in [0.2, 0.25) is 0 Å². The number of rotatable bonds is 6. The fraction of sp³-hybridized carbons (Fsp3) is 0.733. The van der Waals surface area contributed by atoms with E-state index in [0.717, 1.165) is 45.7 Å². The van der Waals surface area contributed by atoms with Crippen molar-refractivity contribution >= 4 is 11.3 Å². The van der Waals surface area contributed by atoms with Gasteiger partial charge in [-0.15, -0.1) is 11.3 Å². The molecule has 0 radical (unpaired) electrons. The third-order valence-electron chi connectivity index (χ3n) is 4.19. The third kappa shape index (κ3) is 4.02. The van der Waals surface area contributed by atoms with Gasteiger partial charge in [0, 0.05) is 37.2 Å². The van der Waals surface area contributed by atoms with Crippen molar-refractivity contribution in [2.45, 2.75) is 39.3 Å².